The van der Waals surface area contributed by atoms with Crippen LogP contribution in [0.2, 0.25) is 15.2 Å². The van der Waals surface area contributed by atoms with Crippen molar-refractivity contribution in [2.75, 3.05) is 11.1 Å². The van der Waals surface area contributed by atoms with E-state index in [0.29, 0.717) is 20.9 Å². The minimum absolute atomic E-state index is 0.220. The van der Waals surface area contributed by atoms with Gasteiger partial charge >= 0.3 is 0 Å². The number of hydrogen-bond acceptors (Lipinski definition) is 3. The van der Waals surface area contributed by atoms with E-state index < -0.39 is 0 Å². The summed E-state index contributed by atoms with van der Waals surface area (Å²) in [5, 5.41) is 3.40. The maximum Gasteiger partial charge on any atom is 0.255 e. The summed E-state index contributed by atoms with van der Waals surface area (Å²) in [4.78, 5) is 16.0. The molecule has 1 aromatic carbocycles. The molecule has 1 heterocycles. The Kier molecular flexibility index (Phi) is 4.75. The summed E-state index contributed by atoms with van der Waals surface area (Å²) < 4.78 is 0.574. The molecule has 8 heteroatoms. The van der Waals surface area contributed by atoms with E-state index in [0.717, 1.165) is 0 Å². The second-order valence-corrected chi connectivity index (χ2v) is 5.83. The highest BCUT2D eigenvalue weighted by molar-refractivity contribution is 9.10. The first-order chi connectivity index (χ1) is 9.38. The standard InChI is InChI=1S/C12H7BrCl3N3O/c13-7-3-6(4-18-11(7)16)19-12(20)5-1-8(14)10(17)9(15)2-5/h1-4H,17H2,(H,19,20). The number of carbonyl (C=O) groups is 1. The molecule has 0 saturated heterocycles. The summed E-state index contributed by atoms with van der Waals surface area (Å²) in [6.45, 7) is 0. The van der Waals surface area contributed by atoms with Crippen LogP contribution in [0.1, 0.15) is 10.4 Å². The molecule has 0 spiro atoms. The first-order valence-electron chi connectivity index (χ1n) is 5.25. The molecule has 20 heavy (non-hydrogen) atoms. The van der Waals surface area contributed by atoms with Crippen molar-refractivity contribution in [3.63, 3.8) is 0 Å². The van der Waals surface area contributed by atoms with Gasteiger partial charge in [0.15, 0.2) is 0 Å². The highest BCUT2D eigenvalue weighted by atomic mass is 79.9. The van der Waals surface area contributed by atoms with Crippen molar-refractivity contribution in [3.8, 4) is 0 Å². The number of rotatable bonds is 2. The van der Waals surface area contributed by atoms with Gasteiger partial charge in [-0.25, -0.2) is 4.98 Å². The average molecular weight is 395 g/mol. The SMILES string of the molecule is Nc1c(Cl)cc(C(=O)Nc2cnc(Cl)c(Br)c2)cc1Cl. The maximum absolute atomic E-state index is 12.1. The molecule has 1 amide bonds. The molecule has 4 nitrogen and oxygen atoms in total. The monoisotopic (exact) mass is 393 g/mol. The fourth-order valence-electron chi connectivity index (χ4n) is 1.41. The van der Waals surface area contributed by atoms with E-state index in [1.54, 1.807) is 6.07 Å². The van der Waals surface area contributed by atoms with Crippen molar-refractivity contribution < 1.29 is 4.79 Å². The van der Waals surface area contributed by atoms with Gasteiger partial charge in [0.2, 0.25) is 0 Å². The van der Waals surface area contributed by atoms with Gasteiger partial charge in [-0.15, -0.1) is 0 Å². The second-order valence-electron chi connectivity index (χ2n) is 3.80. The molecule has 104 valence electrons. The number of amides is 1. The van der Waals surface area contributed by atoms with Gasteiger partial charge in [-0.3, -0.25) is 4.79 Å². The van der Waals surface area contributed by atoms with Crippen molar-refractivity contribution >= 4 is 68.0 Å². The number of benzene rings is 1. The molecule has 1 aromatic heterocycles. The number of halogens is 4. The summed E-state index contributed by atoms with van der Waals surface area (Å²) >= 11 is 20.8. The fourth-order valence-corrected chi connectivity index (χ4v) is 2.35. The van der Waals surface area contributed by atoms with Gasteiger partial charge in [-0.2, -0.15) is 0 Å². The number of nitrogen functional groups attached to an aromatic ring is 1. The van der Waals surface area contributed by atoms with E-state index in [1.807, 2.05) is 0 Å². The summed E-state index contributed by atoms with van der Waals surface area (Å²) in [7, 11) is 0. The quantitative estimate of drug-likeness (QED) is 0.575. The topological polar surface area (TPSA) is 68.0 Å². The summed E-state index contributed by atoms with van der Waals surface area (Å²) in [5.74, 6) is -0.384. The molecule has 0 unspecified atom stereocenters. The molecule has 0 saturated carbocycles. The molecule has 2 aromatic rings. The van der Waals surface area contributed by atoms with Crippen LogP contribution in [0.25, 0.3) is 0 Å². The van der Waals surface area contributed by atoms with E-state index in [1.165, 1.54) is 18.3 Å². The molecule has 0 fully saturated rings. The van der Waals surface area contributed by atoms with Crippen molar-refractivity contribution in [3.05, 3.63) is 49.6 Å². The highest BCUT2D eigenvalue weighted by Crippen LogP contribution is 2.29. The Morgan fingerprint density at radius 1 is 1.20 bits per heavy atom. The minimum Gasteiger partial charge on any atom is -0.396 e. The van der Waals surface area contributed by atoms with Crippen LogP contribution in [-0.4, -0.2) is 10.9 Å². The molecule has 0 atom stereocenters. The van der Waals surface area contributed by atoms with Gasteiger partial charge in [0.25, 0.3) is 5.91 Å². The zero-order valence-electron chi connectivity index (χ0n) is 9.75. The lowest BCUT2D eigenvalue weighted by molar-refractivity contribution is 0.102. The Labute approximate surface area is 138 Å². The van der Waals surface area contributed by atoms with Crippen LogP contribution in [0.15, 0.2) is 28.9 Å². The molecule has 3 N–H and O–H groups in total. The Bertz CT molecular complexity index is 671. The number of aromatic nitrogens is 1. The Morgan fingerprint density at radius 3 is 2.35 bits per heavy atom. The normalized spacial score (nSPS) is 10.4. The van der Waals surface area contributed by atoms with Gasteiger partial charge in [0, 0.05) is 5.56 Å². The fraction of sp³-hybridized carbons (Fsp3) is 0. The second kappa shape index (κ2) is 6.18. The van der Waals surface area contributed by atoms with Crippen molar-refractivity contribution in [2.24, 2.45) is 0 Å². The average Bonchev–Trinajstić information content (AvgIpc) is 2.39. The van der Waals surface area contributed by atoms with Gasteiger partial charge in [-0.1, -0.05) is 34.8 Å². The van der Waals surface area contributed by atoms with Crippen LogP contribution >= 0.6 is 50.7 Å². The Morgan fingerprint density at radius 2 is 1.80 bits per heavy atom. The number of anilines is 2. The van der Waals surface area contributed by atoms with Crippen LogP contribution in [0.3, 0.4) is 0 Å². The predicted molar refractivity (Wildman–Crippen MR) is 85.8 cm³/mol. The largest absolute Gasteiger partial charge is 0.396 e. The smallest absolute Gasteiger partial charge is 0.255 e. The van der Waals surface area contributed by atoms with E-state index >= 15 is 0 Å². The van der Waals surface area contributed by atoms with Gasteiger partial charge in [0.05, 0.1) is 32.1 Å². The lowest BCUT2D eigenvalue weighted by Gasteiger charge is -2.08. The molecular formula is C12H7BrCl3N3O. The van der Waals surface area contributed by atoms with E-state index in [4.69, 9.17) is 40.5 Å². The third-order valence-corrected chi connectivity index (χ3v) is 4.15. The third-order valence-electron chi connectivity index (χ3n) is 2.40. The van der Waals surface area contributed by atoms with Crippen molar-refractivity contribution in [1.82, 2.24) is 4.98 Å². The maximum atomic E-state index is 12.1. The van der Waals surface area contributed by atoms with Crippen LogP contribution < -0.4 is 11.1 Å². The van der Waals surface area contributed by atoms with Gasteiger partial charge in [0.1, 0.15) is 5.15 Å². The van der Waals surface area contributed by atoms with Gasteiger partial charge < -0.3 is 11.1 Å². The molecule has 0 radical (unpaired) electrons. The lowest BCUT2D eigenvalue weighted by atomic mass is 10.2. The molecule has 0 aliphatic carbocycles. The van der Waals surface area contributed by atoms with Crippen LogP contribution in [0.4, 0.5) is 11.4 Å². The summed E-state index contributed by atoms with van der Waals surface area (Å²) in [5.41, 5.74) is 6.62. The zero-order chi connectivity index (χ0) is 14.9. The number of hydrogen-bond donors (Lipinski definition) is 2. The molecule has 0 aliphatic heterocycles. The minimum atomic E-state index is -0.384. The lowest BCUT2D eigenvalue weighted by Crippen LogP contribution is -2.12. The number of nitrogens with two attached hydrogens (primary N) is 1. The first-order valence-corrected chi connectivity index (χ1v) is 7.18. The molecule has 2 rings (SSSR count). The van der Waals surface area contributed by atoms with Crippen LogP contribution in [0.5, 0.6) is 0 Å². The van der Waals surface area contributed by atoms with Crippen LogP contribution in [-0.2, 0) is 0 Å². The Balaban J connectivity index is 2.26. The molecule has 0 aliphatic rings. The van der Waals surface area contributed by atoms with Gasteiger partial charge in [-0.05, 0) is 34.1 Å². The third kappa shape index (κ3) is 3.35. The van der Waals surface area contributed by atoms with Crippen LogP contribution in [0, 0.1) is 0 Å². The van der Waals surface area contributed by atoms with Crippen molar-refractivity contribution in [2.45, 2.75) is 0 Å². The highest BCUT2D eigenvalue weighted by Gasteiger charge is 2.12. The summed E-state index contributed by atoms with van der Waals surface area (Å²) in [6.07, 6.45) is 1.44. The summed E-state index contributed by atoms with van der Waals surface area (Å²) in [6, 6.07) is 4.51. The first kappa shape index (κ1) is 15.4. The number of carbonyl (C=O) groups excluding carboxylic acids is 1. The number of nitrogens with one attached hydrogen (secondary N) is 1. The molecular weight excluding hydrogens is 388 g/mol. The zero-order valence-corrected chi connectivity index (χ0v) is 13.6. The number of nitrogens with zero attached hydrogens (tertiary/aromatic N) is 1. The van der Waals surface area contributed by atoms with E-state index in [9.17, 15) is 4.79 Å². The van der Waals surface area contributed by atoms with E-state index in [2.05, 4.69) is 26.2 Å². The van der Waals surface area contributed by atoms with Crippen molar-refractivity contribution in [1.29, 1.82) is 0 Å². The number of pyridine rings is 1. The van der Waals surface area contributed by atoms with E-state index in [-0.39, 0.29) is 21.6 Å². The predicted octanol–water partition coefficient (Wildman–Crippen LogP) is 4.64. The molecule has 0 bridgehead atoms. The Hall–Kier alpha value is -1.01.